The van der Waals surface area contributed by atoms with Crippen molar-refractivity contribution in [1.82, 2.24) is 0 Å². The molecule has 0 spiro atoms. The Morgan fingerprint density at radius 2 is 2.15 bits per heavy atom. The average Bonchev–Trinajstić information content (AvgIpc) is 2.86. The van der Waals surface area contributed by atoms with Gasteiger partial charge in [-0.1, -0.05) is 15.9 Å². The van der Waals surface area contributed by atoms with Crippen molar-refractivity contribution in [3.05, 3.63) is 28.4 Å². The van der Waals surface area contributed by atoms with Gasteiger partial charge in [-0.2, -0.15) is 0 Å². The molecule has 2 aromatic rings. The Morgan fingerprint density at radius 1 is 1.45 bits per heavy atom. The lowest BCUT2D eigenvalue weighted by molar-refractivity contribution is -0.141. The maximum Gasteiger partial charge on any atom is 0.327 e. The molecule has 0 saturated heterocycles. The Kier molecular flexibility index (Phi) is 4.49. The van der Waals surface area contributed by atoms with Crippen molar-refractivity contribution >= 4 is 54.6 Å². The van der Waals surface area contributed by atoms with E-state index in [9.17, 15) is 14.7 Å². The van der Waals surface area contributed by atoms with Crippen LogP contribution in [0.4, 0.5) is 0 Å². The van der Waals surface area contributed by atoms with Crippen LogP contribution in [0.15, 0.2) is 27.1 Å². The molecular weight excluding hydrogens is 396 g/mol. The third-order valence-corrected chi connectivity index (χ3v) is 4.20. The van der Waals surface area contributed by atoms with Crippen molar-refractivity contribution in [3.8, 4) is 5.75 Å². The van der Waals surface area contributed by atoms with E-state index in [0.29, 0.717) is 15.4 Å². The van der Waals surface area contributed by atoms with Gasteiger partial charge in [-0.15, -0.1) is 0 Å². The third kappa shape index (κ3) is 2.73. The summed E-state index contributed by atoms with van der Waals surface area (Å²) in [5, 5.41) is 10.1. The monoisotopic (exact) mass is 404 g/mol. The van der Waals surface area contributed by atoms with E-state index < -0.39 is 16.6 Å². The van der Waals surface area contributed by atoms with Gasteiger partial charge in [0.15, 0.2) is 10.6 Å². The minimum absolute atomic E-state index is 0.0150. The number of fused-ring (bicyclic) bond motifs is 1. The van der Waals surface area contributed by atoms with Crippen molar-refractivity contribution < 1.29 is 23.8 Å². The van der Waals surface area contributed by atoms with Crippen molar-refractivity contribution in [2.45, 2.75) is 11.8 Å². The molecule has 0 aliphatic heterocycles. The normalized spacial score (nSPS) is 12.3. The number of ether oxygens (including phenoxy) is 1. The zero-order valence-corrected chi connectivity index (χ0v) is 13.5. The number of ketones is 1. The Labute approximate surface area is 131 Å². The summed E-state index contributed by atoms with van der Waals surface area (Å²) in [4.78, 5) is 22.5. The first-order valence-corrected chi connectivity index (χ1v) is 7.42. The highest BCUT2D eigenvalue weighted by Crippen LogP contribution is 2.34. The van der Waals surface area contributed by atoms with E-state index in [1.165, 1.54) is 12.1 Å². The second kappa shape index (κ2) is 5.97. The fraction of sp³-hybridized carbons (Fsp3) is 0.231. The highest BCUT2D eigenvalue weighted by molar-refractivity contribution is 9.10. The maximum absolute atomic E-state index is 12.1. The lowest BCUT2D eigenvalue weighted by atomic mass is 10.2. The predicted molar refractivity (Wildman–Crippen MR) is 79.3 cm³/mol. The van der Waals surface area contributed by atoms with Crippen LogP contribution >= 0.6 is 31.9 Å². The molecule has 0 amide bonds. The number of carbonyl (C=O) groups is 2. The zero-order chi connectivity index (χ0) is 14.9. The first-order valence-electron chi connectivity index (χ1n) is 5.71. The van der Waals surface area contributed by atoms with Crippen LogP contribution in [0.5, 0.6) is 5.75 Å². The first kappa shape index (κ1) is 15.1. The molecule has 1 heterocycles. The number of alkyl halides is 1. The number of aromatic hydroxyl groups is 1. The third-order valence-electron chi connectivity index (χ3n) is 2.58. The van der Waals surface area contributed by atoms with Gasteiger partial charge in [0, 0.05) is 5.39 Å². The van der Waals surface area contributed by atoms with E-state index in [1.807, 2.05) is 0 Å². The van der Waals surface area contributed by atoms with Crippen LogP contribution in [0.3, 0.4) is 0 Å². The molecule has 1 unspecified atom stereocenters. The second-order valence-corrected chi connectivity index (χ2v) is 5.61. The number of halogens is 2. The number of benzene rings is 1. The number of hydrogen-bond donors (Lipinski definition) is 1. The molecule has 106 valence electrons. The topological polar surface area (TPSA) is 76.7 Å². The average molecular weight is 406 g/mol. The van der Waals surface area contributed by atoms with Crippen molar-refractivity contribution in [2.75, 3.05) is 6.61 Å². The van der Waals surface area contributed by atoms with Gasteiger partial charge in [0.05, 0.1) is 11.1 Å². The zero-order valence-electron chi connectivity index (χ0n) is 10.4. The summed E-state index contributed by atoms with van der Waals surface area (Å²) >= 11 is 6.20. The minimum Gasteiger partial charge on any atom is -0.507 e. The number of rotatable bonds is 4. The molecule has 1 atom stereocenters. The van der Waals surface area contributed by atoms with Gasteiger partial charge in [-0.3, -0.25) is 9.59 Å². The predicted octanol–water partition coefficient (Wildman–Crippen LogP) is 3.41. The van der Waals surface area contributed by atoms with Crippen LogP contribution in [-0.2, 0) is 9.53 Å². The molecule has 20 heavy (non-hydrogen) atoms. The molecule has 1 aromatic heterocycles. The summed E-state index contributed by atoms with van der Waals surface area (Å²) in [6.07, 6.45) is 0. The Balaban J connectivity index is 2.36. The van der Waals surface area contributed by atoms with Crippen LogP contribution in [-0.4, -0.2) is 28.3 Å². The lowest BCUT2D eigenvalue weighted by Crippen LogP contribution is -2.26. The van der Waals surface area contributed by atoms with Crippen LogP contribution in [0.1, 0.15) is 17.5 Å². The SMILES string of the molecule is CCOC(=O)C(Br)C(=O)c1cc2c(Br)c(O)ccc2o1. The van der Waals surface area contributed by atoms with Crippen LogP contribution < -0.4 is 0 Å². The van der Waals surface area contributed by atoms with Gasteiger partial charge in [0.1, 0.15) is 11.3 Å². The molecule has 7 heteroatoms. The van der Waals surface area contributed by atoms with E-state index >= 15 is 0 Å². The van der Waals surface area contributed by atoms with Crippen LogP contribution in [0, 0.1) is 0 Å². The number of esters is 1. The number of furan rings is 1. The number of phenols is 1. The molecule has 0 aliphatic rings. The molecule has 0 radical (unpaired) electrons. The van der Waals surface area contributed by atoms with Gasteiger partial charge in [-0.05, 0) is 41.1 Å². The van der Waals surface area contributed by atoms with Gasteiger partial charge < -0.3 is 14.3 Å². The fourth-order valence-corrected chi connectivity index (χ4v) is 2.43. The quantitative estimate of drug-likeness (QED) is 0.365. The number of phenolic OH excluding ortho intramolecular Hbond substituents is 1. The van der Waals surface area contributed by atoms with Crippen LogP contribution in [0.25, 0.3) is 11.0 Å². The molecule has 5 nitrogen and oxygen atoms in total. The smallest absolute Gasteiger partial charge is 0.327 e. The van der Waals surface area contributed by atoms with Crippen molar-refractivity contribution in [1.29, 1.82) is 0 Å². The molecule has 2 rings (SSSR count). The van der Waals surface area contributed by atoms with Gasteiger partial charge in [-0.25, -0.2) is 0 Å². The first-order chi connectivity index (χ1) is 9.45. The highest BCUT2D eigenvalue weighted by Gasteiger charge is 2.29. The van der Waals surface area contributed by atoms with E-state index in [1.54, 1.807) is 13.0 Å². The van der Waals surface area contributed by atoms with Gasteiger partial charge in [0.25, 0.3) is 0 Å². The Bertz CT molecular complexity index is 677. The second-order valence-electron chi connectivity index (χ2n) is 3.90. The van der Waals surface area contributed by atoms with E-state index in [4.69, 9.17) is 9.15 Å². The lowest BCUT2D eigenvalue weighted by Gasteiger charge is -2.05. The van der Waals surface area contributed by atoms with Crippen molar-refractivity contribution in [2.24, 2.45) is 0 Å². The summed E-state index contributed by atoms with van der Waals surface area (Å²) < 4.78 is 10.6. The molecule has 0 saturated carbocycles. The molecule has 0 aliphatic carbocycles. The highest BCUT2D eigenvalue weighted by atomic mass is 79.9. The number of hydrogen-bond acceptors (Lipinski definition) is 5. The van der Waals surface area contributed by atoms with Crippen molar-refractivity contribution in [3.63, 3.8) is 0 Å². The standard InChI is InChI=1S/C13H10Br2O5/c1-2-19-13(18)11(15)12(17)9-5-6-8(20-9)4-3-7(16)10(6)14/h3-5,11,16H,2H2,1H3. The molecular formula is C13H10Br2O5. The largest absolute Gasteiger partial charge is 0.507 e. The summed E-state index contributed by atoms with van der Waals surface area (Å²) in [7, 11) is 0. The molecule has 0 bridgehead atoms. The number of carbonyl (C=O) groups excluding carboxylic acids is 2. The summed E-state index contributed by atoms with van der Waals surface area (Å²) in [6.45, 7) is 1.84. The summed E-state index contributed by atoms with van der Waals surface area (Å²) in [6, 6.07) is 4.45. The van der Waals surface area contributed by atoms with E-state index in [-0.39, 0.29) is 18.1 Å². The molecule has 1 aromatic carbocycles. The summed E-state index contributed by atoms with van der Waals surface area (Å²) in [5.41, 5.74) is 0.432. The molecule has 1 N–H and O–H groups in total. The maximum atomic E-state index is 12.1. The Hall–Kier alpha value is -1.34. The summed E-state index contributed by atoms with van der Waals surface area (Å²) in [5.74, 6) is -1.15. The van der Waals surface area contributed by atoms with Crippen LogP contribution in [0.2, 0.25) is 0 Å². The van der Waals surface area contributed by atoms with E-state index in [2.05, 4.69) is 31.9 Å². The van der Waals surface area contributed by atoms with Gasteiger partial charge in [0.2, 0.25) is 5.78 Å². The fourth-order valence-electron chi connectivity index (χ4n) is 1.64. The van der Waals surface area contributed by atoms with E-state index in [0.717, 1.165) is 0 Å². The number of Topliss-reactive ketones (excluding diaryl/α,β-unsaturated/α-hetero) is 1. The molecule has 0 fully saturated rings. The Morgan fingerprint density at radius 3 is 2.80 bits per heavy atom. The van der Waals surface area contributed by atoms with Gasteiger partial charge >= 0.3 is 5.97 Å². The minimum atomic E-state index is -1.12.